The predicted octanol–water partition coefficient (Wildman–Crippen LogP) is 3.94. The summed E-state index contributed by atoms with van der Waals surface area (Å²) in [5.41, 5.74) is 3.58. The van der Waals surface area contributed by atoms with Crippen molar-refractivity contribution in [2.45, 2.75) is 0 Å². The van der Waals surface area contributed by atoms with E-state index in [2.05, 4.69) is 10.3 Å². The average Bonchev–Trinajstić information content (AvgIpc) is 3.31. The lowest BCUT2D eigenvalue weighted by atomic mass is 10.1. The van der Waals surface area contributed by atoms with Gasteiger partial charge in [-0.05, 0) is 48.5 Å². The summed E-state index contributed by atoms with van der Waals surface area (Å²) >= 11 is 0. The fraction of sp³-hybridized carbons (Fsp3) is 0.100. The first-order valence-electron chi connectivity index (χ1n) is 8.23. The fourth-order valence-corrected chi connectivity index (χ4v) is 2.70. The molecule has 6 heteroatoms. The van der Waals surface area contributed by atoms with E-state index in [1.54, 1.807) is 29.2 Å². The smallest absolute Gasteiger partial charge is 0.297 e. The van der Waals surface area contributed by atoms with Crippen molar-refractivity contribution < 1.29 is 9.21 Å². The lowest BCUT2D eigenvalue weighted by Crippen LogP contribution is -2.12. The van der Waals surface area contributed by atoms with Crippen LogP contribution >= 0.6 is 0 Å². The first kappa shape index (κ1) is 16.0. The average molecular weight is 346 g/mol. The standard InChI is InChI=1S/C20H18N4O2/c1-23(2)20-22-17-13-15(8-9-18(17)26-20)21-19(25)14-6-5-7-16(12-14)24-10-3-4-11-24/h3-13H,1-2H3,(H,21,25). The minimum Gasteiger partial charge on any atom is -0.423 e. The van der Waals surface area contributed by atoms with Gasteiger partial charge in [-0.25, -0.2) is 0 Å². The van der Waals surface area contributed by atoms with Crippen LogP contribution in [0.2, 0.25) is 0 Å². The van der Waals surface area contributed by atoms with E-state index in [1.165, 1.54) is 0 Å². The molecule has 0 atom stereocenters. The van der Waals surface area contributed by atoms with Crippen LogP contribution in [-0.2, 0) is 0 Å². The number of rotatable bonds is 4. The van der Waals surface area contributed by atoms with E-state index in [0.717, 1.165) is 5.69 Å². The summed E-state index contributed by atoms with van der Waals surface area (Å²) < 4.78 is 7.59. The zero-order chi connectivity index (χ0) is 18.1. The van der Waals surface area contributed by atoms with Crippen molar-refractivity contribution in [3.05, 3.63) is 72.6 Å². The highest BCUT2D eigenvalue weighted by Gasteiger charge is 2.11. The Morgan fingerprint density at radius 3 is 2.65 bits per heavy atom. The number of nitrogens with zero attached hydrogens (tertiary/aromatic N) is 3. The van der Waals surface area contributed by atoms with E-state index in [-0.39, 0.29) is 5.91 Å². The molecule has 0 saturated carbocycles. The second-order valence-corrected chi connectivity index (χ2v) is 6.17. The molecular formula is C20H18N4O2. The highest BCUT2D eigenvalue weighted by Crippen LogP contribution is 2.24. The number of carbonyl (C=O) groups excluding carboxylic acids is 1. The van der Waals surface area contributed by atoms with Gasteiger partial charge in [-0.1, -0.05) is 6.07 Å². The number of amides is 1. The summed E-state index contributed by atoms with van der Waals surface area (Å²) in [6, 6.07) is 17.3. The molecule has 2 aromatic heterocycles. The van der Waals surface area contributed by atoms with Gasteiger partial charge in [0.25, 0.3) is 11.9 Å². The van der Waals surface area contributed by atoms with Crippen LogP contribution in [0.3, 0.4) is 0 Å². The molecule has 0 unspecified atom stereocenters. The molecule has 4 aromatic rings. The quantitative estimate of drug-likeness (QED) is 0.608. The molecule has 0 radical (unpaired) electrons. The molecule has 1 amide bonds. The Morgan fingerprint density at radius 1 is 1.08 bits per heavy atom. The highest BCUT2D eigenvalue weighted by atomic mass is 16.4. The van der Waals surface area contributed by atoms with Crippen molar-refractivity contribution in [3.8, 4) is 5.69 Å². The first-order chi connectivity index (χ1) is 12.6. The van der Waals surface area contributed by atoms with Gasteiger partial charge in [-0.3, -0.25) is 4.79 Å². The molecule has 130 valence electrons. The Kier molecular flexibility index (Phi) is 3.93. The number of fused-ring (bicyclic) bond motifs is 1. The normalized spacial score (nSPS) is 10.8. The van der Waals surface area contributed by atoms with E-state index >= 15 is 0 Å². The van der Waals surface area contributed by atoms with Crippen LogP contribution in [0.1, 0.15) is 10.4 Å². The van der Waals surface area contributed by atoms with E-state index in [4.69, 9.17) is 4.42 Å². The molecule has 2 aromatic carbocycles. The molecule has 26 heavy (non-hydrogen) atoms. The van der Waals surface area contributed by atoms with Gasteiger partial charge < -0.3 is 19.2 Å². The molecule has 4 rings (SSSR count). The van der Waals surface area contributed by atoms with E-state index in [9.17, 15) is 4.79 Å². The summed E-state index contributed by atoms with van der Waals surface area (Å²) in [4.78, 5) is 18.8. The summed E-state index contributed by atoms with van der Waals surface area (Å²) in [6.07, 6.45) is 3.88. The number of carbonyl (C=O) groups is 1. The maximum Gasteiger partial charge on any atom is 0.297 e. The first-order valence-corrected chi connectivity index (χ1v) is 8.23. The molecule has 0 saturated heterocycles. The molecular weight excluding hydrogens is 328 g/mol. The lowest BCUT2D eigenvalue weighted by Gasteiger charge is -2.08. The van der Waals surface area contributed by atoms with Gasteiger partial charge >= 0.3 is 0 Å². The third-order valence-electron chi connectivity index (χ3n) is 4.03. The minimum absolute atomic E-state index is 0.172. The molecule has 0 bridgehead atoms. The van der Waals surface area contributed by atoms with Crippen molar-refractivity contribution in [3.63, 3.8) is 0 Å². The summed E-state index contributed by atoms with van der Waals surface area (Å²) in [6.45, 7) is 0. The van der Waals surface area contributed by atoms with Crippen molar-refractivity contribution in [2.24, 2.45) is 0 Å². The van der Waals surface area contributed by atoms with Gasteiger partial charge in [-0.2, -0.15) is 4.98 Å². The topological polar surface area (TPSA) is 63.3 Å². The zero-order valence-electron chi connectivity index (χ0n) is 14.5. The van der Waals surface area contributed by atoms with Crippen LogP contribution < -0.4 is 10.2 Å². The Hall–Kier alpha value is -3.54. The number of hydrogen-bond donors (Lipinski definition) is 1. The third kappa shape index (κ3) is 3.04. The number of nitrogens with one attached hydrogen (secondary N) is 1. The molecule has 2 heterocycles. The zero-order valence-corrected chi connectivity index (χ0v) is 14.5. The summed E-state index contributed by atoms with van der Waals surface area (Å²) in [7, 11) is 3.73. The molecule has 0 aliphatic carbocycles. The fourth-order valence-electron chi connectivity index (χ4n) is 2.70. The number of hydrogen-bond acceptors (Lipinski definition) is 4. The predicted molar refractivity (Wildman–Crippen MR) is 102 cm³/mol. The second-order valence-electron chi connectivity index (χ2n) is 6.17. The lowest BCUT2D eigenvalue weighted by molar-refractivity contribution is 0.102. The van der Waals surface area contributed by atoms with Gasteiger partial charge in [0.1, 0.15) is 5.52 Å². The maximum atomic E-state index is 12.6. The van der Waals surface area contributed by atoms with Crippen LogP contribution in [0.4, 0.5) is 11.7 Å². The van der Waals surface area contributed by atoms with Crippen molar-refractivity contribution in [1.82, 2.24) is 9.55 Å². The van der Waals surface area contributed by atoms with Gasteiger partial charge in [-0.15, -0.1) is 0 Å². The Bertz CT molecular complexity index is 1060. The molecule has 1 N–H and O–H groups in total. The van der Waals surface area contributed by atoms with Crippen LogP contribution in [0.15, 0.2) is 71.4 Å². The Morgan fingerprint density at radius 2 is 1.88 bits per heavy atom. The maximum absolute atomic E-state index is 12.6. The van der Waals surface area contributed by atoms with Crippen molar-refractivity contribution in [1.29, 1.82) is 0 Å². The molecule has 0 aliphatic rings. The number of benzene rings is 2. The van der Waals surface area contributed by atoms with Gasteiger partial charge in [0, 0.05) is 43.4 Å². The van der Waals surface area contributed by atoms with E-state index < -0.39 is 0 Å². The Labute approximate surface area is 150 Å². The number of anilines is 2. The summed E-state index contributed by atoms with van der Waals surface area (Å²) in [5.74, 6) is -0.172. The van der Waals surface area contributed by atoms with Crippen LogP contribution in [0.5, 0.6) is 0 Å². The van der Waals surface area contributed by atoms with Gasteiger partial charge in [0.15, 0.2) is 5.58 Å². The number of oxazole rings is 1. The second kappa shape index (κ2) is 6.40. The third-order valence-corrected chi connectivity index (χ3v) is 4.03. The molecule has 0 fully saturated rings. The van der Waals surface area contributed by atoms with Crippen molar-refractivity contribution in [2.75, 3.05) is 24.3 Å². The minimum atomic E-state index is -0.172. The van der Waals surface area contributed by atoms with E-state index in [0.29, 0.717) is 28.4 Å². The van der Waals surface area contributed by atoms with Crippen LogP contribution in [-0.4, -0.2) is 29.6 Å². The van der Waals surface area contributed by atoms with Crippen LogP contribution in [0, 0.1) is 0 Å². The van der Waals surface area contributed by atoms with Gasteiger partial charge in [0.2, 0.25) is 0 Å². The van der Waals surface area contributed by atoms with E-state index in [1.807, 2.05) is 61.4 Å². The largest absolute Gasteiger partial charge is 0.423 e. The van der Waals surface area contributed by atoms with Crippen LogP contribution in [0.25, 0.3) is 16.8 Å². The number of aromatic nitrogens is 2. The van der Waals surface area contributed by atoms with Crippen molar-refractivity contribution >= 4 is 28.7 Å². The molecule has 6 nitrogen and oxygen atoms in total. The molecule has 0 aliphatic heterocycles. The highest BCUT2D eigenvalue weighted by molar-refractivity contribution is 6.05. The summed E-state index contributed by atoms with van der Waals surface area (Å²) in [5, 5.41) is 2.92. The Balaban J connectivity index is 1.58. The van der Waals surface area contributed by atoms with Gasteiger partial charge in [0.05, 0.1) is 0 Å². The molecule has 0 spiro atoms. The SMILES string of the molecule is CN(C)c1nc2cc(NC(=O)c3cccc(-n4cccc4)c3)ccc2o1. The monoisotopic (exact) mass is 346 g/mol.